The number of carboxylic acids is 1. The first kappa shape index (κ1) is 17.4. The number of nitrogens with one attached hydrogen (secondary N) is 1. The Balaban J connectivity index is 2.37. The number of carboxylic acid groups (broad SMARTS) is 1. The average Bonchev–Trinajstić information content (AvgIpc) is 2.75. The minimum atomic E-state index is -1.10. The quantitative estimate of drug-likeness (QED) is 0.618. The molecule has 0 aromatic carbocycles. The molecule has 1 heterocycles. The number of hydrogen-bond acceptors (Lipinski definition) is 4. The van der Waals surface area contributed by atoms with Gasteiger partial charge in [-0.05, 0) is 6.42 Å². The van der Waals surface area contributed by atoms with Crippen LogP contribution in [0.5, 0.6) is 0 Å². The molecular formula is C14H24N2O5. The van der Waals surface area contributed by atoms with E-state index in [9.17, 15) is 19.5 Å². The van der Waals surface area contributed by atoms with Gasteiger partial charge < -0.3 is 20.4 Å². The molecule has 0 aliphatic carbocycles. The van der Waals surface area contributed by atoms with Gasteiger partial charge in [0.05, 0.1) is 6.10 Å². The Bertz CT molecular complexity index is 416. The molecular weight excluding hydrogens is 276 g/mol. The summed E-state index contributed by atoms with van der Waals surface area (Å²) in [6.07, 6.45) is -0.113. The molecule has 0 aromatic heterocycles. The van der Waals surface area contributed by atoms with Crippen LogP contribution in [0.25, 0.3) is 0 Å². The molecule has 7 nitrogen and oxygen atoms in total. The first-order valence-corrected chi connectivity index (χ1v) is 7.11. The lowest BCUT2D eigenvalue weighted by molar-refractivity contribution is -0.148. The monoisotopic (exact) mass is 300 g/mol. The third kappa shape index (κ3) is 5.00. The van der Waals surface area contributed by atoms with Gasteiger partial charge in [0, 0.05) is 31.3 Å². The van der Waals surface area contributed by atoms with Gasteiger partial charge in [0.25, 0.3) is 0 Å². The van der Waals surface area contributed by atoms with E-state index in [0.29, 0.717) is 13.0 Å². The molecule has 2 amide bonds. The fraction of sp³-hybridized carbons (Fsp3) is 0.786. The lowest BCUT2D eigenvalue weighted by atomic mass is 9.96. The molecule has 1 aliphatic heterocycles. The van der Waals surface area contributed by atoms with Crippen LogP contribution in [0.4, 0.5) is 0 Å². The van der Waals surface area contributed by atoms with E-state index in [-0.39, 0.29) is 31.2 Å². The smallest absolute Gasteiger partial charge is 0.326 e. The second kappa shape index (κ2) is 6.89. The number of likely N-dealkylation sites (tertiary alicyclic amines) is 1. The van der Waals surface area contributed by atoms with Gasteiger partial charge in [0.2, 0.25) is 11.8 Å². The Labute approximate surface area is 124 Å². The zero-order valence-electron chi connectivity index (χ0n) is 12.8. The molecule has 3 N–H and O–H groups in total. The first-order valence-electron chi connectivity index (χ1n) is 7.11. The highest BCUT2D eigenvalue weighted by Gasteiger charge is 2.38. The van der Waals surface area contributed by atoms with E-state index in [1.807, 2.05) is 0 Å². The summed E-state index contributed by atoms with van der Waals surface area (Å²) in [6, 6.07) is -0.948. The summed E-state index contributed by atoms with van der Waals surface area (Å²) in [4.78, 5) is 35.9. The van der Waals surface area contributed by atoms with Crippen molar-refractivity contribution in [2.45, 2.75) is 52.2 Å². The highest BCUT2D eigenvalue weighted by molar-refractivity contribution is 5.84. The van der Waals surface area contributed by atoms with E-state index in [4.69, 9.17) is 5.11 Å². The second-order valence-electron chi connectivity index (χ2n) is 6.40. The number of carbonyl (C=O) groups excluding carboxylic acids is 2. The predicted molar refractivity (Wildman–Crippen MR) is 75.5 cm³/mol. The fourth-order valence-corrected chi connectivity index (χ4v) is 2.17. The van der Waals surface area contributed by atoms with Crippen LogP contribution in [0.3, 0.4) is 0 Å². The van der Waals surface area contributed by atoms with Crippen molar-refractivity contribution in [1.29, 1.82) is 0 Å². The topological polar surface area (TPSA) is 107 Å². The summed E-state index contributed by atoms with van der Waals surface area (Å²) >= 11 is 0. The molecule has 1 unspecified atom stereocenters. The Morgan fingerprint density at radius 3 is 2.43 bits per heavy atom. The number of aliphatic hydroxyl groups excluding tert-OH is 1. The van der Waals surface area contributed by atoms with E-state index >= 15 is 0 Å². The summed E-state index contributed by atoms with van der Waals surface area (Å²) in [5.74, 6) is -1.49. The van der Waals surface area contributed by atoms with Gasteiger partial charge in [0.15, 0.2) is 0 Å². The zero-order chi connectivity index (χ0) is 16.2. The maximum absolute atomic E-state index is 12.0. The molecule has 0 spiro atoms. The molecule has 120 valence electrons. The summed E-state index contributed by atoms with van der Waals surface area (Å²) in [7, 11) is 0. The van der Waals surface area contributed by atoms with E-state index in [1.54, 1.807) is 20.8 Å². The highest BCUT2D eigenvalue weighted by Crippen LogP contribution is 2.19. The third-order valence-electron chi connectivity index (χ3n) is 3.42. The largest absolute Gasteiger partial charge is 0.480 e. The van der Waals surface area contributed by atoms with Crippen molar-refractivity contribution in [3.05, 3.63) is 0 Å². The lowest BCUT2D eigenvalue weighted by Crippen LogP contribution is -2.41. The molecule has 1 aliphatic rings. The van der Waals surface area contributed by atoms with Crippen molar-refractivity contribution in [2.75, 3.05) is 13.1 Å². The van der Waals surface area contributed by atoms with Crippen molar-refractivity contribution in [3.63, 3.8) is 0 Å². The number of aliphatic hydroxyl groups is 1. The summed E-state index contributed by atoms with van der Waals surface area (Å²) in [5.41, 5.74) is -0.475. The number of hydrogen-bond donors (Lipinski definition) is 3. The molecule has 7 heteroatoms. The van der Waals surface area contributed by atoms with Crippen molar-refractivity contribution in [2.24, 2.45) is 5.41 Å². The molecule has 21 heavy (non-hydrogen) atoms. The summed E-state index contributed by atoms with van der Waals surface area (Å²) < 4.78 is 0. The predicted octanol–water partition coefficient (Wildman–Crippen LogP) is -0.0247. The molecule has 0 bridgehead atoms. The van der Waals surface area contributed by atoms with Crippen LogP contribution in [0, 0.1) is 5.41 Å². The molecule has 2 atom stereocenters. The van der Waals surface area contributed by atoms with Gasteiger partial charge in [-0.3, -0.25) is 9.59 Å². The molecule has 0 saturated carbocycles. The molecule has 1 saturated heterocycles. The van der Waals surface area contributed by atoms with Gasteiger partial charge in [-0.15, -0.1) is 0 Å². The lowest BCUT2D eigenvalue weighted by Gasteiger charge is -2.21. The van der Waals surface area contributed by atoms with Gasteiger partial charge in [-0.2, -0.15) is 0 Å². The van der Waals surface area contributed by atoms with Crippen LogP contribution in [0.1, 0.15) is 40.0 Å². The van der Waals surface area contributed by atoms with Crippen molar-refractivity contribution in [1.82, 2.24) is 10.2 Å². The number of carbonyl (C=O) groups is 3. The van der Waals surface area contributed by atoms with Gasteiger partial charge in [-0.1, -0.05) is 20.8 Å². The summed E-state index contributed by atoms with van der Waals surface area (Å²) in [5, 5.41) is 21.2. The van der Waals surface area contributed by atoms with E-state index < -0.39 is 23.5 Å². The molecule has 0 aromatic rings. The third-order valence-corrected chi connectivity index (χ3v) is 3.42. The van der Waals surface area contributed by atoms with Crippen LogP contribution in [0.15, 0.2) is 0 Å². The molecule has 1 rings (SSSR count). The number of nitrogens with zero attached hydrogens (tertiary/aromatic N) is 1. The fourth-order valence-electron chi connectivity index (χ4n) is 2.17. The SMILES string of the molecule is CC(C)(C)C(=O)NCCCC(=O)N1CC(O)C[C@H]1C(=O)O. The minimum absolute atomic E-state index is 0.0597. The van der Waals surface area contributed by atoms with Crippen molar-refractivity contribution in [3.8, 4) is 0 Å². The Hall–Kier alpha value is -1.63. The van der Waals surface area contributed by atoms with Crippen LogP contribution in [-0.2, 0) is 14.4 Å². The average molecular weight is 300 g/mol. The Kier molecular flexibility index (Phi) is 5.71. The summed E-state index contributed by atoms with van der Waals surface area (Å²) in [6.45, 7) is 5.84. The zero-order valence-corrected chi connectivity index (χ0v) is 12.8. The number of rotatable bonds is 5. The van der Waals surface area contributed by atoms with Crippen LogP contribution >= 0.6 is 0 Å². The van der Waals surface area contributed by atoms with E-state index in [0.717, 1.165) is 0 Å². The van der Waals surface area contributed by atoms with E-state index in [2.05, 4.69) is 5.32 Å². The maximum atomic E-state index is 12.0. The van der Waals surface area contributed by atoms with Gasteiger partial charge in [-0.25, -0.2) is 4.79 Å². The number of amides is 2. The van der Waals surface area contributed by atoms with Gasteiger partial charge >= 0.3 is 5.97 Å². The van der Waals surface area contributed by atoms with Crippen LogP contribution in [0.2, 0.25) is 0 Å². The Morgan fingerprint density at radius 2 is 1.90 bits per heavy atom. The maximum Gasteiger partial charge on any atom is 0.326 e. The van der Waals surface area contributed by atoms with Crippen molar-refractivity contribution < 1.29 is 24.6 Å². The number of β-amino-alcohol motifs (C(OH)–C–C–N with tert-alkyl or cyclic N) is 1. The molecule has 0 radical (unpaired) electrons. The normalized spacial score (nSPS) is 22.2. The van der Waals surface area contributed by atoms with Crippen molar-refractivity contribution >= 4 is 17.8 Å². The second-order valence-corrected chi connectivity index (χ2v) is 6.40. The highest BCUT2D eigenvalue weighted by atomic mass is 16.4. The Morgan fingerprint density at radius 1 is 1.29 bits per heavy atom. The minimum Gasteiger partial charge on any atom is -0.480 e. The molecule has 1 fully saturated rings. The first-order chi connectivity index (χ1) is 9.62. The van der Waals surface area contributed by atoms with Crippen LogP contribution < -0.4 is 5.32 Å². The van der Waals surface area contributed by atoms with E-state index in [1.165, 1.54) is 4.90 Å². The number of aliphatic carboxylic acids is 1. The van der Waals surface area contributed by atoms with Crippen LogP contribution in [-0.4, -0.2) is 58.1 Å². The standard InChI is InChI=1S/C14H24N2O5/c1-14(2,3)13(21)15-6-4-5-11(18)16-8-9(17)7-10(16)12(19)20/h9-10,17H,4-8H2,1-3H3,(H,15,21)(H,19,20)/t9?,10-/m0/s1. The van der Waals surface area contributed by atoms with Gasteiger partial charge in [0.1, 0.15) is 6.04 Å².